The van der Waals surface area contributed by atoms with Crippen molar-refractivity contribution < 1.29 is 9.18 Å². The Bertz CT molecular complexity index is 1060. The predicted molar refractivity (Wildman–Crippen MR) is 127 cm³/mol. The number of H-pyrrole nitrogens is 1. The minimum absolute atomic E-state index is 0.168. The van der Waals surface area contributed by atoms with Gasteiger partial charge in [0.05, 0.1) is 0 Å². The van der Waals surface area contributed by atoms with Crippen molar-refractivity contribution in [2.45, 2.75) is 44.4 Å². The molecule has 2 heterocycles. The van der Waals surface area contributed by atoms with Gasteiger partial charge in [-0.2, -0.15) is 0 Å². The summed E-state index contributed by atoms with van der Waals surface area (Å²) in [4.78, 5) is 21.1. The van der Waals surface area contributed by atoms with E-state index in [4.69, 9.17) is 0 Å². The molecule has 2 fully saturated rings. The Morgan fingerprint density at radius 2 is 1.88 bits per heavy atom. The second-order valence-electron chi connectivity index (χ2n) is 9.38. The lowest BCUT2D eigenvalue weighted by Crippen LogP contribution is -2.41. The molecule has 1 amide bonds. The molecule has 3 aromatic rings. The van der Waals surface area contributed by atoms with E-state index in [1.807, 2.05) is 35.4 Å². The van der Waals surface area contributed by atoms with E-state index in [-0.39, 0.29) is 11.7 Å². The highest BCUT2D eigenvalue weighted by molar-refractivity contribution is 5.95. The van der Waals surface area contributed by atoms with Gasteiger partial charge in [0.15, 0.2) is 0 Å². The molecule has 5 heteroatoms. The normalized spacial score (nSPS) is 20.1. The molecule has 1 saturated heterocycles. The molecule has 0 spiro atoms. The van der Waals surface area contributed by atoms with Crippen molar-refractivity contribution in [2.24, 2.45) is 5.92 Å². The van der Waals surface area contributed by atoms with E-state index in [9.17, 15) is 9.18 Å². The Balaban J connectivity index is 1.26. The summed E-state index contributed by atoms with van der Waals surface area (Å²) in [5.74, 6) is 0.697. The summed E-state index contributed by atoms with van der Waals surface area (Å²) in [5, 5.41) is 1.12. The smallest absolute Gasteiger partial charge is 0.230 e. The molecule has 1 atom stereocenters. The maximum Gasteiger partial charge on any atom is 0.230 e. The number of hydrogen-bond acceptors (Lipinski definition) is 2. The number of aromatic amines is 1. The monoisotopic (exact) mass is 433 g/mol. The Morgan fingerprint density at radius 3 is 2.69 bits per heavy atom. The van der Waals surface area contributed by atoms with Crippen LogP contribution in [0.5, 0.6) is 0 Å². The molecule has 1 saturated carbocycles. The van der Waals surface area contributed by atoms with Crippen molar-refractivity contribution in [3.05, 3.63) is 66.1 Å². The summed E-state index contributed by atoms with van der Waals surface area (Å²) in [6.45, 7) is 3.61. The topological polar surface area (TPSA) is 39.3 Å². The second-order valence-corrected chi connectivity index (χ2v) is 9.38. The number of para-hydroxylation sites is 1. The molecule has 1 unspecified atom stereocenters. The first-order chi connectivity index (χ1) is 15.7. The van der Waals surface area contributed by atoms with Crippen LogP contribution in [0.1, 0.15) is 50.0 Å². The van der Waals surface area contributed by atoms with Gasteiger partial charge in [0.1, 0.15) is 5.82 Å². The number of benzene rings is 2. The molecule has 1 aliphatic heterocycles. The zero-order valence-electron chi connectivity index (χ0n) is 18.6. The van der Waals surface area contributed by atoms with Crippen LogP contribution in [0.2, 0.25) is 0 Å². The van der Waals surface area contributed by atoms with Gasteiger partial charge < -0.3 is 14.8 Å². The van der Waals surface area contributed by atoms with Crippen molar-refractivity contribution in [2.75, 3.05) is 31.1 Å². The van der Waals surface area contributed by atoms with Gasteiger partial charge in [-0.25, -0.2) is 4.39 Å². The molecule has 0 radical (unpaired) electrons. The summed E-state index contributed by atoms with van der Waals surface area (Å²) in [5.41, 5.74) is 3.16. The fourth-order valence-corrected chi connectivity index (χ4v) is 5.53. The molecule has 2 aliphatic rings. The third kappa shape index (κ3) is 4.44. The molecule has 4 nitrogen and oxygen atoms in total. The van der Waals surface area contributed by atoms with Gasteiger partial charge in [-0.3, -0.25) is 4.79 Å². The van der Waals surface area contributed by atoms with Crippen LogP contribution >= 0.6 is 0 Å². The van der Waals surface area contributed by atoms with Crippen LogP contribution < -0.4 is 4.90 Å². The molecule has 1 aromatic heterocycles. The standard InChI is InChI=1S/C27H32FN3O/c28-22-11-12-24-25(18-29-26(24)17-22)21-13-14-30(19-21)15-16-31(23-9-5-2-6-10-23)27(32)20-7-3-1-4-8-20/h2,5-6,9-12,17-18,20-21,29H,1,3-4,7-8,13-16,19H2. The highest BCUT2D eigenvalue weighted by Gasteiger charge is 2.29. The van der Waals surface area contributed by atoms with Crippen molar-refractivity contribution >= 4 is 22.5 Å². The maximum atomic E-state index is 13.5. The van der Waals surface area contributed by atoms with Gasteiger partial charge in [0, 0.05) is 48.3 Å². The summed E-state index contributed by atoms with van der Waals surface area (Å²) in [6.07, 6.45) is 8.77. The highest BCUT2D eigenvalue weighted by atomic mass is 19.1. The van der Waals surface area contributed by atoms with Crippen LogP contribution in [0, 0.1) is 11.7 Å². The fourth-order valence-electron chi connectivity index (χ4n) is 5.53. The Morgan fingerprint density at radius 1 is 1.06 bits per heavy atom. The van der Waals surface area contributed by atoms with E-state index in [0.717, 1.165) is 62.0 Å². The summed E-state index contributed by atoms with van der Waals surface area (Å²) in [7, 11) is 0. The van der Waals surface area contributed by atoms with Crippen LogP contribution in [-0.2, 0) is 4.79 Å². The van der Waals surface area contributed by atoms with Crippen LogP contribution in [0.15, 0.2) is 54.7 Å². The number of likely N-dealkylation sites (tertiary alicyclic amines) is 1. The zero-order valence-corrected chi connectivity index (χ0v) is 18.6. The van der Waals surface area contributed by atoms with Gasteiger partial charge in [-0.15, -0.1) is 0 Å². The number of nitrogens with zero attached hydrogens (tertiary/aromatic N) is 2. The molecule has 32 heavy (non-hydrogen) atoms. The Kier molecular flexibility index (Phi) is 6.26. The Hall–Kier alpha value is -2.66. The van der Waals surface area contributed by atoms with E-state index in [2.05, 4.69) is 22.0 Å². The van der Waals surface area contributed by atoms with E-state index in [1.54, 1.807) is 12.1 Å². The van der Waals surface area contributed by atoms with Crippen LogP contribution in [0.4, 0.5) is 10.1 Å². The SMILES string of the molecule is O=C(C1CCCCC1)N(CCN1CCC(c2c[nH]c3cc(F)ccc23)C1)c1ccccc1. The van der Waals surface area contributed by atoms with E-state index >= 15 is 0 Å². The first-order valence-electron chi connectivity index (χ1n) is 12.0. The molecular weight excluding hydrogens is 401 g/mol. The number of amides is 1. The Labute approximate surface area is 189 Å². The third-order valence-electron chi connectivity index (χ3n) is 7.32. The van der Waals surface area contributed by atoms with Crippen molar-refractivity contribution in [1.29, 1.82) is 0 Å². The number of fused-ring (bicyclic) bond motifs is 1. The molecule has 2 aromatic carbocycles. The molecule has 0 bridgehead atoms. The number of rotatable bonds is 6. The largest absolute Gasteiger partial charge is 0.361 e. The second kappa shape index (κ2) is 9.45. The van der Waals surface area contributed by atoms with Crippen molar-refractivity contribution in [3.63, 3.8) is 0 Å². The number of aromatic nitrogens is 1. The van der Waals surface area contributed by atoms with Crippen molar-refractivity contribution in [1.82, 2.24) is 9.88 Å². The van der Waals surface area contributed by atoms with Crippen LogP contribution in [-0.4, -0.2) is 42.0 Å². The zero-order chi connectivity index (χ0) is 21.9. The van der Waals surface area contributed by atoms with E-state index < -0.39 is 0 Å². The lowest BCUT2D eigenvalue weighted by atomic mass is 9.88. The minimum atomic E-state index is -0.206. The highest BCUT2D eigenvalue weighted by Crippen LogP contribution is 2.33. The third-order valence-corrected chi connectivity index (χ3v) is 7.32. The van der Waals surface area contributed by atoms with Gasteiger partial charge in [-0.05, 0) is 67.6 Å². The van der Waals surface area contributed by atoms with Crippen molar-refractivity contribution in [3.8, 4) is 0 Å². The predicted octanol–water partition coefficient (Wildman–Crippen LogP) is 5.71. The quantitative estimate of drug-likeness (QED) is 0.541. The number of carbonyl (C=O) groups is 1. The average Bonchev–Trinajstić information content (AvgIpc) is 3.47. The van der Waals surface area contributed by atoms with Gasteiger partial charge in [0.2, 0.25) is 5.91 Å². The summed E-state index contributed by atoms with van der Waals surface area (Å²) in [6, 6.07) is 15.1. The number of carbonyl (C=O) groups excluding carboxylic acids is 1. The fraction of sp³-hybridized carbons (Fsp3) is 0.444. The van der Waals surface area contributed by atoms with Gasteiger partial charge in [-0.1, -0.05) is 37.5 Å². The number of anilines is 1. The summed E-state index contributed by atoms with van der Waals surface area (Å²) >= 11 is 0. The lowest BCUT2D eigenvalue weighted by molar-refractivity contribution is -0.123. The first-order valence-corrected chi connectivity index (χ1v) is 12.0. The van der Waals surface area contributed by atoms with Crippen LogP contribution in [0.25, 0.3) is 10.9 Å². The maximum absolute atomic E-state index is 13.5. The van der Waals surface area contributed by atoms with E-state index in [1.165, 1.54) is 24.8 Å². The number of nitrogens with one attached hydrogen (secondary N) is 1. The number of hydrogen-bond donors (Lipinski definition) is 1. The average molecular weight is 434 g/mol. The molecule has 5 rings (SSSR count). The summed E-state index contributed by atoms with van der Waals surface area (Å²) < 4.78 is 13.5. The number of halogens is 1. The first kappa shape index (κ1) is 21.2. The molecular formula is C27H32FN3O. The lowest BCUT2D eigenvalue weighted by Gasteiger charge is -2.31. The molecule has 1 N–H and O–H groups in total. The molecule has 1 aliphatic carbocycles. The van der Waals surface area contributed by atoms with Crippen LogP contribution in [0.3, 0.4) is 0 Å². The minimum Gasteiger partial charge on any atom is -0.361 e. The van der Waals surface area contributed by atoms with Gasteiger partial charge >= 0.3 is 0 Å². The molecule has 168 valence electrons. The van der Waals surface area contributed by atoms with Gasteiger partial charge in [0.25, 0.3) is 0 Å². The van der Waals surface area contributed by atoms with E-state index in [0.29, 0.717) is 11.8 Å².